The molecule has 1 atom stereocenters. The number of hydrogen-bond acceptors (Lipinski definition) is 5. The first-order chi connectivity index (χ1) is 12.5. The Labute approximate surface area is 155 Å². The second kappa shape index (κ2) is 8.31. The molecule has 26 heavy (non-hydrogen) atoms. The van der Waals surface area contributed by atoms with Crippen LogP contribution in [0, 0.1) is 5.92 Å². The highest BCUT2D eigenvalue weighted by molar-refractivity contribution is 6.30. The zero-order chi connectivity index (χ0) is 18.5. The molecule has 1 unspecified atom stereocenters. The number of aliphatic carboxylic acids is 1. The molecule has 3 rings (SSSR count). The lowest BCUT2D eigenvalue weighted by atomic mass is 9.98. The Hall–Kier alpha value is -2.41. The smallest absolute Gasteiger partial charge is 0.308 e. The fraction of sp³-hybridized carbons (Fsp3) is 0.444. The van der Waals surface area contributed by atoms with Crippen LogP contribution in [0.5, 0.6) is 0 Å². The number of aromatic nitrogens is 2. The van der Waals surface area contributed by atoms with Gasteiger partial charge in [-0.3, -0.25) is 9.59 Å². The van der Waals surface area contributed by atoms with Gasteiger partial charge in [0.25, 0.3) is 0 Å². The molecule has 0 radical (unpaired) electrons. The van der Waals surface area contributed by atoms with E-state index in [1.54, 1.807) is 17.0 Å². The molecule has 0 aliphatic carbocycles. The van der Waals surface area contributed by atoms with Crippen molar-refractivity contribution >= 4 is 23.5 Å². The number of halogens is 1. The maximum Gasteiger partial charge on any atom is 0.308 e. The number of benzene rings is 1. The molecule has 1 N–H and O–H groups in total. The second-order valence-electron chi connectivity index (χ2n) is 6.39. The number of likely N-dealkylation sites (tertiary alicyclic amines) is 1. The number of carboxylic acids is 1. The van der Waals surface area contributed by atoms with Gasteiger partial charge in [0.2, 0.25) is 17.6 Å². The minimum Gasteiger partial charge on any atom is -0.481 e. The van der Waals surface area contributed by atoms with Gasteiger partial charge in [-0.15, -0.1) is 0 Å². The molecule has 1 amide bonds. The van der Waals surface area contributed by atoms with E-state index >= 15 is 0 Å². The molecule has 2 aromatic rings. The van der Waals surface area contributed by atoms with Crippen molar-refractivity contribution in [2.45, 2.75) is 32.1 Å². The van der Waals surface area contributed by atoms with Crippen molar-refractivity contribution in [2.75, 3.05) is 13.1 Å². The first kappa shape index (κ1) is 18.4. The monoisotopic (exact) mass is 377 g/mol. The summed E-state index contributed by atoms with van der Waals surface area (Å²) in [5.41, 5.74) is 0.813. The summed E-state index contributed by atoms with van der Waals surface area (Å²) < 4.78 is 5.23. The van der Waals surface area contributed by atoms with Crippen LogP contribution in [-0.4, -0.2) is 45.1 Å². The summed E-state index contributed by atoms with van der Waals surface area (Å²) in [7, 11) is 0. The first-order valence-corrected chi connectivity index (χ1v) is 9.00. The standard InChI is InChI=1S/C18H20ClN3O4/c19-14-8-6-12(7-9-14)17-20-15(26-21-17)4-1-5-16(23)22-10-2-3-13(11-22)18(24)25/h6-9,13H,1-5,10-11H2,(H,24,25). The van der Waals surface area contributed by atoms with Crippen LogP contribution in [0.1, 0.15) is 31.6 Å². The van der Waals surface area contributed by atoms with Crippen molar-refractivity contribution in [2.24, 2.45) is 5.92 Å². The van der Waals surface area contributed by atoms with E-state index in [2.05, 4.69) is 10.1 Å². The SMILES string of the molecule is O=C(O)C1CCCN(C(=O)CCCc2nc(-c3ccc(Cl)cc3)no2)C1. The minimum atomic E-state index is -0.830. The molecule has 1 aromatic heterocycles. The Kier molecular flexibility index (Phi) is 5.88. The Morgan fingerprint density at radius 2 is 2.08 bits per heavy atom. The number of nitrogens with zero attached hydrogens (tertiary/aromatic N) is 3. The number of carboxylic acid groups (broad SMARTS) is 1. The zero-order valence-electron chi connectivity index (χ0n) is 14.2. The van der Waals surface area contributed by atoms with Crippen molar-refractivity contribution in [3.05, 3.63) is 35.2 Å². The van der Waals surface area contributed by atoms with E-state index in [4.69, 9.17) is 21.2 Å². The highest BCUT2D eigenvalue weighted by atomic mass is 35.5. The third kappa shape index (κ3) is 4.60. The van der Waals surface area contributed by atoms with Crippen LogP contribution in [0.15, 0.2) is 28.8 Å². The van der Waals surface area contributed by atoms with E-state index in [-0.39, 0.29) is 5.91 Å². The van der Waals surface area contributed by atoms with Gasteiger partial charge < -0.3 is 14.5 Å². The molecule has 1 saturated heterocycles. The van der Waals surface area contributed by atoms with Crippen molar-refractivity contribution in [1.29, 1.82) is 0 Å². The lowest BCUT2D eigenvalue weighted by molar-refractivity contribution is -0.145. The maximum absolute atomic E-state index is 12.3. The number of piperidine rings is 1. The summed E-state index contributed by atoms with van der Waals surface area (Å²) in [6.07, 6.45) is 2.79. The van der Waals surface area contributed by atoms with Gasteiger partial charge in [0.05, 0.1) is 5.92 Å². The van der Waals surface area contributed by atoms with Crippen LogP contribution < -0.4 is 0 Å². The molecule has 1 aromatic carbocycles. The van der Waals surface area contributed by atoms with E-state index < -0.39 is 11.9 Å². The van der Waals surface area contributed by atoms with Crippen LogP contribution in [0.3, 0.4) is 0 Å². The number of carbonyl (C=O) groups is 2. The van der Waals surface area contributed by atoms with Crippen molar-refractivity contribution < 1.29 is 19.2 Å². The van der Waals surface area contributed by atoms with Crippen LogP contribution in [0.4, 0.5) is 0 Å². The average Bonchev–Trinajstić information content (AvgIpc) is 3.11. The highest BCUT2D eigenvalue weighted by Crippen LogP contribution is 2.20. The van der Waals surface area contributed by atoms with E-state index in [9.17, 15) is 9.59 Å². The van der Waals surface area contributed by atoms with Crippen LogP contribution in [-0.2, 0) is 16.0 Å². The van der Waals surface area contributed by atoms with E-state index in [1.165, 1.54) is 0 Å². The van der Waals surface area contributed by atoms with Crippen LogP contribution in [0.2, 0.25) is 5.02 Å². The van der Waals surface area contributed by atoms with Crippen molar-refractivity contribution in [3.63, 3.8) is 0 Å². The Morgan fingerprint density at radius 3 is 2.81 bits per heavy atom. The summed E-state index contributed by atoms with van der Waals surface area (Å²) in [5, 5.41) is 13.7. The molecule has 0 saturated carbocycles. The summed E-state index contributed by atoms with van der Waals surface area (Å²) in [6.45, 7) is 0.930. The molecule has 1 aliphatic heterocycles. The molecule has 2 heterocycles. The topological polar surface area (TPSA) is 96.5 Å². The lowest BCUT2D eigenvalue weighted by Crippen LogP contribution is -2.42. The Morgan fingerprint density at radius 1 is 1.31 bits per heavy atom. The Bertz CT molecular complexity index is 775. The number of amides is 1. The predicted octanol–water partition coefficient (Wildman–Crippen LogP) is 3.04. The molecule has 7 nitrogen and oxygen atoms in total. The zero-order valence-corrected chi connectivity index (χ0v) is 15.0. The number of rotatable bonds is 6. The van der Waals surface area contributed by atoms with Gasteiger partial charge in [0, 0.05) is 36.5 Å². The molecule has 1 fully saturated rings. The summed E-state index contributed by atoms with van der Waals surface area (Å²) in [6, 6.07) is 7.15. The largest absolute Gasteiger partial charge is 0.481 e. The third-order valence-corrected chi connectivity index (χ3v) is 4.73. The molecule has 138 valence electrons. The van der Waals surface area contributed by atoms with Gasteiger partial charge in [0.1, 0.15) is 0 Å². The van der Waals surface area contributed by atoms with E-state index in [0.29, 0.717) is 55.5 Å². The lowest BCUT2D eigenvalue weighted by Gasteiger charge is -2.30. The van der Waals surface area contributed by atoms with Crippen LogP contribution >= 0.6 is 11.6 Å². The van der Waals surface area contributed by atoms with Crippen molar-refractivity contribution in [1.82, 2.24) is 15.0 Å². The molecule has 1 aliphatic rings. The minimum absolute atomic E-state index is 0.0200. The van der Waals surface area contributed by atoms with Gasteiger partial charge in [-0.2, -0.15) is 4.98 Å². The van der Waals surface area contributed by atoms with Gasteiger partial charge in [-0.1, -0.05) is 16.8 Å². The molecular formula is C18H20ClN3O4. The summed E-state index contributed by atoms with van der Waals surface area (Å²) >= 11 is 5.86. The summed E-state index contributed by atoms with van der Waals surface area (Å²) in [4.78, 5) is 29.3. The summed E-state index contributed by atoms with van der Waals surface area (Å²) in [5.74, 6) is -0.338. The third-order valence-electron chi connectivity index (χ3n) is 4.48. The normalized spacial score (nSPS) is 17.3. The number of carbonyl (C=O) groups excluding carboxylic acids is 1. The molecular weight excluding hydrogens is 358 g/mol. The van der Waals surface area contributed by atoms with Gasteiger partial charge in [-0.25, -0.2) is 0 Å². The number of hydrogen-bond donors (Lipinski definition) is 1. The molecule has 8 heteroatoms. The van der Waals surface area contributed by atoms with E-state index in [1.807, 2.05) is 12.1 Å². The number of aryl methyl sites for hydroxylation is 1. The molecule has 0 bridgehead atoms. The maximum atomic E-state index is 12.3. The highest BCUT2D eigenvalue weighted by Gasteiger charge is 2.27. The second-order valence-corrected chi connectivity index (χ2v) is 6.83. The fourth-order valence-corrected chi connectivity index (χ4v) is 3.15. The first-order valence-electron chi connectivity index (χ1n) is 8.62. The Balaban J connectivity index is 1.48. The van der Waals surface area contributed by atoms with Gasteiger partial charge in [-0.05, 0) is 43.5 Å². The fourth-order valence-electron chi connectivity index (χ4n) is 3.03. The van der Waals surface area contributed by atoms with Crippen molar-refractivity contribution in [3.8, 4) is 11.4 Å². The van der Waals surface area contributed by atoms with Crippen LogP contribution in [0.25, 0.3) is 11.4 Å². The predicted molar refractivity (Wildman–Crippen MR) is 94.6 cm³/mol. The van der Waals surface area contributed by atoms with Gasteiger partial charge >= 0.3 is 5.97 Å². The van der Waals surface area contributed by atoms with Gasteiger partial charge in [0.15, 0.2) is 0 Å². The van der Waals surface area contributed by atoms with E-state index in [0.717, 1.165) is 12.0 Å². The quantitative estimate of drug-likeness (QED) is 0.831. The average molecular weight is 378 g/mol. The molecule has 0 spiro atoms.